The zero-order chi connectivity index (χ0) is 21.1. The quantitative estimate of drug-likeness (QED) is 0.655. The van der Waals surface area contributed by atoms with Gasteiger partial charge in [-0.3, -0.25) is 9.48 Å². The van der Waals surface area contributed by atoms with E-state index in [1.807, 2.05) is 32.4 Å². The lowest BCUT2D eigenvalue weighted by Gasteiger charge is -2.10. The van der Waals surface area contributed by atoms with E-state index in [1.54, 1.807) is 28.9 Å². The first-order valence-electron chi connectivity index (χ1n) is 9.64. The SMILES string of the molecule is Cc1nn(C(C)C)c(C)c1NC(=O)c1ccc(OCc2nnnn2C(C)C)cc1. The van der Waals surface area contributed by atoms with Gasteiger partial charge in [-0.2, -0.15) is 5.10 Å². The maximum Gasteiger partial charge on any atom is 0.255 e. The predicted octanol–water partition coefficient (Wildman–Crippen LogP) is 3.48. The lowest BCUT2D eigenvalue weighted by atomic mass is 10.2. The minimum absolute atomic E-state index is 0.154. The monoisotopic (exact) mass is 397 g/mol. The number of anilines is 1. The van der Waals surface area contributed by atoms with Gasteiger partial charge in [0.1, 0.15) is 12.4 Å². The molecule has 3 aromatic rings. The number of tetrazole rings is 1. The molecule has 0 saturated heterocycles. The summed E-state index contributed by atoms with van der Waals surface area (Å²) in [6.45, 7) is 12.2. The highest BCUT2D eigenvalue weighted by atomic mass is 16.5. The van der Waals surface area contributed by atoms with E-state index < -0.39 is 0 Å². The Morgan fingerprint density at radius 2 is 1.72 bits per heavy atom. The van der Waals surface area contributed by atoms with Crippen molar-refractivity contribution in [3.05, 3.63) is 47.0 Å². The van der Waals surface area contributed by atoms with Gasteiger partial charge in [-0.05, 0) is 76.2 Å². The average molecular weight is 397 g/mol. The molecule has 0 unspecified atom stereocenters. The van der Waals surface area contributed by atoms with Gasteiger partial charge in [-0.1, -0.05) is 0 Å². The first kappa shape index (κ1) is 20.5. The first-order chi connectivity index (χ1) is 13.8. The molecule has 9 nitrogen and oxygen atoms in total. The average Bonchev–Trinajstić information content (AvgIpc) is 3.26. The fourth-order valence-corrected chi connectivity index (χ4v) is 3.09. The number of aromatic nitrogens is 6. The number of benzene rings is 1. The molecule has 9 heteroatoms. The van der Waals surface area contributed by atoms with Gasteiger partial charge < -0.3 is 10.1 Å². The van der Waals surface area contributed by atoms with Crippen LogP contribution in [0.5, 0.6) is 5.75 Å². The molecule has 0 fully saturated rings. The molecule has 0 aliphatic heterocycles. The smallest absolute Gasteiger partial charge is 0.255 e. The number of carbonyl (C=O) groups is 1. The second-order valence-electron chi connectivity index (χ2n) is 7.48. The van der Waals surface area contributed by atoms with Crippen LogP contribution in [0.2, 0.25) is 0 Å². The second kappa shape index (κ2) is 8.42. The summed E-state index contributed by atoms with van der Waals surface area (Å²) in [4.78, 5) is 12.7. The minimum Gasteiger partial charge on any atom is -0.486 e. The molecule has 0 aliphatic rings. The van der Waals surface area contributed by atoms with Crippen molar-refractivity contribution in [1.29, 1.82) is 0 Å². The maximum absolute atomic E-state index is 12.7. The molecule has 29 heavy (non-hydrogen) atoms. The van der Waals surface area contributed by atoms with E-state index >= 15 is 0 Å². The summed E-state index contributed by atoms with van der Waals surface area (Å²) in [7, 11) is 0. The molecule has 1 N–H and O–H groups in total. The van der Waals surface area contributed by atoms with E-state index in [9.17, 15) is 4.79 Å². The van der Waals surface area contributed by atoms with Gasteiger partial charge in [0.15, 0.2) is 5.82 Å². The molecule has 0 spiro atoms. The number of rotatable bonds is 7. The Labute approximate surface area is 170 Å². The molecule has 2 aromatic heterocycles. The van der Waals surface area contributed by atoms with Gasteiger partial charge in [0.05, 0.1) is 23.1 Å². The van der Waals surface area contributed by atoms with E-state index in [4.69, 9.17) is 4.74 Å². The highest BCUT2D eigenvalue weighted by molar-refractivity contribution is 6.04. The topological polar surface area (TPSA) is 99.8 Å². The molecular weight excluding hydrogens is 370 g/mol. The van der Waals surface area contributed by atoms with Crippen molar-refractivity contribution in [2.45, 2.75) is 60.2 Å². The van der Waals surface area contributed by atoms with Crippen molar-refractivity contribution >= 4 is 11.6 Å². The molecule has 0 bridgehead atoms. The van der Waals surface area contributed by atoms with Crippen LogP contribution < -0.4 is 10.1 Å². The van der Waals surface area contributed by atoms with Crippen molar-refractivity contribution in [2.75, 3.05) is 5.32 Å². The molecule has 0 radical (unpaired) electrons. The molecule has 1 aromatic carbocycles. The molecule has 3 rings (SSSR count). The van der Waals surface area contributed by atoms with Crippen LogP contribution >= 0.6 is 0 Å². The van der Waals surface area contributed by atoms with Crippen LogP contribution in [0.1, 0.15) is 67.3 Å². The fraction of sp³-hybridized carbons (Fsp3) is 0.450. The van der Waals surface area contributed by atoms with Crippen LogP contribution in [-0.2, 0) is 6.61 Å². The van der Waals surface area contributed by atoms with E-state index in [-0.39, 0.29) is 24.6 Å². The molecule has 154 valence electrons. The summed E-state index contributed by atoms with van der Waals surface area (Å²) in [5.41, 5.74) is 3.03. The van der Waals surface area contributed by atoms with Crippen LogP contribution in [0.15, 0.2) is 24.3 Å². The zero-order valence-electron chi connectivity index (χ0n) is 17.7. The molecule has 0 aliphatic carbocycles. The normalized spacial score (nSPS) is 11.3. The van der Waals surface area contributed by atoms with Gasteiger partial charge in [0.25, 0.3) is 5.91 Å². The van der Waals surface area contributed by atoms with E-state index in [0.717, 1.165) is 17.1 Å². The number of nitrogens with zero attached hydrogens (tertiary/aromatic N) is 6. The van der Waals surface area contributed by atoms with E-state index in [2.05, 4.69) is 39.8 Å². The second-order valence-corrected chi connectivity index (χ2v) is 7.48. The Morgan fingerprint density at radius 3 is 2.31 bits per heavy atom. The number of ether oxygens (including phenoxy) is 1. The largest absolute Gasteiger partial charge is 0.486 e. The number of nitrogens with one attached hydrogen (secondary N) is 1. The van der Waals surface area contributed by atoms with Gasteiger partial charge in [-0.25, -0.2) is 4.68 Å². The van der Waals surface area contributed by atoms with Crippen LogP contribution in [0.25, 0.3) is 0 Å². The Hall–Kier alpha value is -3.23. The van der Waals surface area contributed by atoms with Gasteiger partial charge in [0, 0.05) is 11.6 Å². The third kappa shape index (κ3) is 4.44. The Balaban J connectivity index is 1.66. The first-order valence-corrected chi connectivity index (χ1v) is 9.64. The van der Waals surface area contributed by atoms with Crippen molar-refractivity contribution in [2.24, 2.45) is 0 Å². The van der Waals surface area contributed by atoms with Crippen LogP contribution in [-0.4, -0.2) is 35.9 Å². The minimum atomic E-state index is -0.185. The highest BCUT2D eigenvalue weighted by Crippen LogP contribution is 2.23. The third-order valence-electron chi connectivity index (χ3n) is 4.59. The molecule has 2 heterocycles. The Bertz CT molecular complexity index is 987. The number of hydrogen-bond donors (Lipinski definition) is 1. The number of aryl methyl sites for hydroxylation is 1. The Morgan fingerprint density at radius 1 is 1.07 bits per heavy atom. The number of hydrogen-bond acceptors (Lipinski definition) is 6. The van der Waals surface area contributed by atoms with Crippen molar-refractivity contribution in [3.8, 4) is 5.75 Å². The van der Waals surface area contributed by atoms with Crippen molar-refractivity contribution in [3.63, 3.8) is 0 Å². The third-order valence-corrected chi connectivity index (χ3v) is 4.59. The zero-order valence-corrected chi connectivity index (χ0v) is 17.7. The molecule has 0 atom stereocenters. The Kier molecular flexibility index (Phi) is 5.95. The molecular formula is C20H27N7O2. The standard InChI is InChI=1S/C20H27N7O2/c1-12(2)26-15(6)19(14(5)23-26)21-20(28)16-7-9-17(10-8-16)29-11-18-22-24-25-27(18)13(3)4/h7-10,12-13H,11H2,1-6H3,(H,21,28). The summed E-state index contributed by atoms with van der Waals surface area (Å²) >= 11 is 0. The van der Waals surface area contributed by atoms with Gasteiger partial charge in [0.2, 0.25) is 0 Å². The summed E-state index contributed by atoms with van der Waals surface area (Å²) < 4.78 is 9.38. The van der Waals surface area contributed by atoms with Crippen molar-refractivity contribution in [1.82, 2.24) is 30.0 Å². The van der Waals surface area contributed by atoms with Crippen LogP contribution in [0.4, 0.5) is 5.69 Å². The number of amides is 1. The fourth-order valence-electron chi connectivity index (χ4n) is 3.09. The van der Waals surface area contributed by atoms with E-state index in [1.165, 1.54) is 0 Å². The molecule has 0 saturated carbocycles. The van der Waals surface area contributed by atoms with Gasteiger partial charge >= 0.3 is 0 Å². The highest BCUT2D eigenvalue weighted by Gasteiger charge is 2.17. The van der Waals surface area contributed by atoms with Crippen LogP contribution in [0, 0.1) is 13.8 Å². The van der Waals surface area contributed by atoms with E-state index in [0.29, 0.717) is 17.1 Å². The summed E-state index contributed by atoms with van der Waals surface area (Å²) in [5, 5.41) is 19.1. The summed E-state index contributed by atoms with van der Waals surface area (Å²) in [5.74, 6) is 1.10. The lowest BCUT2D eigenvalue weighted by molar-refractivity contribution is 0.102. The van der Waals surface area contributed by atoms with Crippen molar-refractivity contribution < 1.29 is 9.53 Å². The van der Waals surface area contributed by atoms with Gasteiger partial charge in [-0.15, -0.1) is 5.10 Å². The lowest BCUT2D eigenvalue weighted by Crippen LogP contribution is -2.13. The van der Waals surface area contributed by atoms with Crippen LogP contribution in [0.3, 0.4) is 0 Å². The predicted molar refractivity (Wildman–Crippen MR) is 109 cm³/mol. The number of carbonyl (C=O) groups excluding carboxylic acids is 1. The summed E-state index contributed by atoms with van der Waals surface area (Å²) in [6, 6.07) is 7.36. The maximum atomic E-state index is 12.7. The molecule has 1 amide bonds. The summed E-state index contributed by atoms with van der Waals surface area (Å²) in [6.07, 6.45) is 0.